The van der Waals surface area contributed by atoms with Gasteiger partial charge in [0.15, 0.2) is 0 Å². The molecule has 3 aromatic rings. The molecule has 0 unspecified atom stereocenters. The number of likely N-dealkylation sites (N-methyl/N-ethyl adjacent to an activating group) is 1. The van der Waals surface area contributed by atoms with E-state index in [1.165, 1.54) is 38.1 Å². The van der Waals surface area contributed by atoms with E-state index in [0.717, 1.165) is 17.5 Å². The minimum atomic E-state index is -1.20. The Morgan fingerprint density at radius 2 is 1.94 bits per heavy atom. The molecule has 0 aliphatic carbocycles. The lowest BCUT2D eigenvalue weighted by atomic mass is 9.84. The van der Waals surface area contributed by atoms with Crippen LogP contribution in [0.25, 0.3) is 0 Å². The highest BCUT2D eigenvalue weighted by atomic mass is 35.5. The average Bonchev–Trinajstić information content (AvgIpc) is 2.84. The molecule has 188 valence electrons. The fraction of sp³-hybridized carbons (Fsp3) is 0.259. The first-order chi connectivity index (χ1) is 17.1. The van der Waals surface area contributed by atoms with Crippen LogP contribution in [0, 0.1) is 5.82 Å². The van der Waals surface area contributed by atoms with Crippen molar-refractivity contribution in [3.63, 3.8) is 0 Å². The molecule has 3 aromatic carbocycles. The van der Waals surface area contributed by atoms with Crippen molar-refractivity contribution >= 4 is 34.9 Å². The minimum Gasteiger partial charge on any atom is -0.490 e. The van der Waals surface area contributed by atoms with Crippen molar-refractivity contribution in [1.82, 2.24) is 0 Å². The number of nitrogens with zero attached hydrogens (tertiary/aromatic N) is 1. The van der Waals surface area contributed by atoms with Crippen LogP contribution in [0.15, 0.2) is 60.7 Å². The number of ether oxygens (including phenoxy) is 2. The summed E-state index contributed by atoms with van der Waals surface area (Å²) in [6.07, 6.45) is -0.250. The first-order valence-corrected chi connectivity index (χ1v) is 11.7. The van der Waals surface area contributed by atoms with Crippen LogP contribution in [-0.2, 0) is 10.2 Å². The van der Waals surface area contributed by atoms with Crippen LogP contribution in [0.2, 0.25) is 5.02 Å². The molecule has 4 rings (SSSR count). The van der Waals surface area contributed by atoms with Gasteiger partial charge >= 0.3 is 5.97 Å². The third-order valence-electron chi connectivity index (χ3n) is 6.14. The molecule has 0 fully saturated rings. The van der Waals surface area contributed by atoms with Crippen molar-refractivity contribution in [2.45, 2.75) is 25.4 Å². The molecular weight excluding hydrogens is 487 g/mol. The Bertz CT molecular complexity index is 1310. The summed E-state index contributed by atoms with van der Waals surface area (Å²) in [7, 11) is 1.96. The fourth-order valence-corrected chi connectivity index (χ4v) is 4.03. The largest absolute Gasteiger partial charge is 0.490 e. The van der Waals surface area contributed by atoms with E-state index in [2.05, 4.69) is 10.2 Å². The number of benzene rings is 3. The van der Waals surface area contributed by atoms with E-state index in [-0.39, 0.29) is 34.7 Å². The second kappa shape index (κ2) is 10.1. The van der Waals surface area contributed by atoms with Crippen LogP contribution in [0.5, 0.6) is 11.5 Å². The first kappa shape index (κ1) is 25.3. The highest BCUT2D eigenvalue weighted by Crippen LogP contribution is 2.33. The summed E-state index contributed by atoms with van der Waals surface area (Å²) in [6.45, 7) is 3.89. The van der Waals surface area contributed by atoms with Crippen LogP contribution in [0.4, 0.5) is 15.8 Å². The van der Waals surface area contributed by atoms with Gasteiger partial charge < -0.3 is 24.8 Å². The zero-order valence-electron chi connectivity index (χ0n) is 20.0. The molecule has 7 nitrogen and oxygen atoms in total. The number of amides is 1. The van der Waals surface area contributed by atoms with Crippen molar-refractivity contribution in [2.75, 3.05) is 30.4 Å². The summed E-state index contributed by atoms with van der Waals surface area (Å²) in [6, 6.07) is 16.2. The number of hydrogen-bond acceptors (Lipinski definition) is 5. The third kappa shape index (κ3) is 5.23. The molecule has 0 saturated heterocycles. The number of halogens is 2. The van der Waals surface area contributed by atoms with Crippen molar-refractivity contribution in [3.05, 3.63) is 82.6 Å². The van der Waals surface area contributed by atoms with Crippen LogP contribution >= 0.6 is 11.6 Å². The predicted molar refractivity (Wildman–Crippen MR) is 136 cm³/mol. The van der Waals surface area contributed by atoms with E-state index in [1.807, 2.05) is 31.3 Å². The van der Waals surface area contributed by atoms with Gasteiger partial charge in [-0.15, -0.1) is 0 Å². The van der Waals surface area contributed by atoms with Gasteiger partial charge in [0.05, 0.1) is 33.9 Å². The lowest BCUT2D eigenvalue weighted by Crippen LogP contribution is -2.41. The van der Waals surface area contributed by atoms with E-state index in [4.69, 9.17) is 21.1 Å². The van der Waals surface area contributed by atoms with Gasteiger partial charge in [0, 0.05) is 13.1 Å². The number of rotatable bonds is 7. The lowest BCUT2D eigenvalue weighted by molar-refractivity contribution is -0.142. The number of hydrogen-bond donors (Lipinski definition) is 2. The highest BCUT2D eigenvalue weighted by molar-refractivity contribution is 6.34. The summed E-state index contributed by atoms with van der Waals surface area (Å²) in [4.78, 5) is 26.4. The summed E-state index contributed by atoms with van der Waals surface area (Å²) in [5.41, 5.74) is 0.216. The number of carboxylic acid groups (broad SMARTS) is 1. The van der Waals surface area contributed by atoms with Gasteiger partial charge in [-0.1, -0.05) is 29.8 Å². The molecule has 1 aliphatic rings. The summed E-state index contributed by atoms with van der Waals surface area (Å²) in [5, 5.41) is 12.2. The fourth-order valence-electron chi connectivity index (χ4n) is 3.86. The van der Waals surface area contributed by atoms with Gasteiger partial charge in [0.25, 0.3) is 5.91 Å². The van der Waals surface area contributed by atoms with E-state index in [1.54, 1.807) is 6.07 Å². The standard InChI is InChI=1S/C27H26ClFN2O5/c1-27(2,26(33)34)16-8-11-20(28)22(12-16)30-25(32)19-10-9-17(13-21(19)29)35-15-18-14-31(3)23-6-4-5-7-24(23)36-18/h4-13,18H,14-15H2,1-3H3,(H,30,32)(H,33,34)/t18-/m0/s1. The monoisotopic (exact) mass is 512 g/mol. The van der Waals surface area contributed by atoms with E-state index >= 15 is 0 Å². The number of nitrogens with one attached hydrogen (secondary N) is 1. The van der Waals surface area contributed by atoms with Crippen molar-refractivity contribution in [1.29, 1.82) is 0 Å². The summed E-state index contributed by atoms with van der Waals surface area (Å²) < 4.78 is 26.5. The molecule has 1 heterocycles. The molecule has 0 radical (unpaired) electrons. The molecule has 0 spiro atoms. The Morgan fingerprint density at radius 1 is 1.19 bits per heavy atom. The molecule has 0 bridgehead atoms. The maximum Gasteiger partial charge on any atom is 0.313 e. The average molecular weight is 513 g/mol. The van der Waals surface area contributed by atoms with Crippen LogP contribution in [0.1, 0.15) is 29.8 Å². The molecule has 2 N–H and O–H groups in total. The Morgan fingerprint density at radius 3 is 2.67 bits per heavy atom. The molecule has 1 aliphatic heterocycles. The normalized spacial score (nSPS) is 15.0. The molecule has 36 heavy (non-hydrogen) atoms. The van der Waals surface area contributed by atoms with Gasteiger partial charge in [-0.05, 0) is 55.8 Å². The Kier molecular flexibility index (Phi) is 7.08. The van der Waals surface area contributed by atoms with Gasteiger partial charge in [-0.2, -0.15) is 0 Å². The molecule has 9 heteroatoms. The number of anilines is 2. The maximum absolute atomic E-state index is 14.8. The Hall–Kier alpha value is -3.78. The second-order valence-electron chi connectivity index (χ2n) is 9.12. The van der Waals surface area contributed by atoms with Gasteiger partial charge in [0.1, 0.15) is 30.0 Å². The topological polar surface area (TPSA) is 88.1 Å². The van der Waals surface area contributed by atoms with E-state index in [9.17, 15) is 19.1 Å². The number of aliphatic carboxylic acids is 1. The minimum absolute atomic E-state index is 0.187. The van der Waals surface area contributed by atoms with Gasteiger partial charge in [-0.25, -0.2) is 4.39 Å². The quantitative estimate of drug-likeness (QED) is 0.442. The number of carbonyl (C=O) groups is 2. The van der Waals surface area contributed by atoms with Gasteiger partial charge in [-0.3, -0.25) is 9.59 Å². The van der Waals surface area contributed by atoms with Crippen LogP contribution in [-0.4, -0.2) is 43.3 Å². The maximum atomic E-state index is 14.8. The molecule has 0 saturated carbocycles. The molecule has 0 aromatic heterocycles. The number of para-hydroxylation sites is 2. The number of fused-ring (bicyclic) bond motifs is 1. The number of carbonyl (C=O) groups excluding carboxylic acids is 1. The van der Waals surface area contributed by atoms with E-state index in [0.29, 0.717) is 12.1 Å². The third-order valence-corrected chi connectivity index (χ3v) is 6.47. The predicted octanol–water partition coefficient (Wildman–Crippen LogP) is 5.37. The zero-order valence-corrected chi connectivity index (χ0v) is 20.8. The van der Waals surface area contributed by atoms with Gasteiger partial charge in [0.2, 0.25) is 0 Å². The Labute approximate surface area is 213 Å². The Balaban J connectivity index is 1.43. The smallest absolute Gasteiger partial charge is 0.313 e. The van der Waals surface area contributed by atoms with Crippen LogP contribution < -0.4 is 19.7 Å². The SMILES string of the molecule is CN1C[C@@H](COc2ccc(C(=O)Nc3cc(C(C)(C)C(=O)O)ccc3Cl)c(F)c2)Oc2ccccc21. The highest BCUT2D eigenvalue weighted by Gasteiger charge is 2.30. The zero-order chi connectivity index (χ0) is 26.0. The van der Waals surface area contributed by atoms with Crippen LogP contribution in [0.3, 0.4) is 0 Å². The molecule has 1 amide bonds. The first-order valence-electron chi connectivity index (χ1n) is 11.3. The lowest BCUT2D eigenvalue weighted by Gasteiger charge is -2.33. The molecular formula is C27H26ClFN2O5. The summed E-state index contributed by atoms with van der Waals surface area (Å²) >= 11 is 6.19. The van der Waals surface area contributed by atoms with Crippen molar-refractivity contribution < 1.29 is 28.6 Å². The van der Waals surface area contributed by atoms with Crippen molar-refractivity contribution in [2.24, 2.45) is 0 Å². The summed E-state index contributed by atoms with van der Waals surface area (Å²) in [5.74, 6) is -1.50. The van der Waals surface area contributed by atoms with Crippen molar-refractivity contribution in [3.8, 4) is 11.5 Å². The number of carboxylic acids is 1. The second-order valence-corrected chi connectivity index (χ2v) is 9.53. The van der Waals surface area contributed by atoms with E-state index < -0.39 is 23.1 Å². The molecule has 1 atom stereocenters.